The summed E-state index contributed by atoms with van der Waals surface area (Å²) < 4.78 is 9.66. The Labute approximate surface area is 152 Å². The molecule has 26 heavy (non-hydrogen) atoms. The van der Waals surface area contributed by atoms with Gasteiger partial charge in [-0.05, 0) is 43.5 Å². The van der Waals surface area contributed by atoms with Crippen molar-refractivity contribution < 1.29 is 9.53 Å². The number of carbonyl (C=O) groups excluding carboxylic acids is 1. The average Bonchev–Trinajstić information content (AvgIpc) is 3.25. The van der Waals surface area contributed by atoms with Gasteiger partial charge in [-0.15, -0.1) is 0 Å². The maximum atomic E-state index is 12.8. The molecule has 7 nitrogen and oxygen atoms in total. The summed E-state index contributed by atoms with van der Waals surface area (Å²) in [5.41, 5.74) is 3.84. The highest BCUT2D eigenvalue weighted by molar-refractivity contribution is 5.79. The monoisotopic (exact) mass is 353 g/mol. The van der Waals surface area contributed by atoms with Gasteiger partial charge in [-0.3, -0.25) is 9.48 Å². The van der Waals surface area contributed by atoms with Gasteiger partial charge in [0.15, 0.2) is 0 Å². The first-order valence-electron chi connectivity index (χ1n) is 8.93. The van der Waals surface area contributed by atoms with Gasteiger partial charge in [0, 0.05) is 32.2 Å². The van der Waals surface area contributed by atoms with E-state index >= 15 is 0 Å². The fourth-order valence-corrected chi connectivity index (χ4v) is 3.53. The summed E-state index contributed by atoms with van der Waals surface area (Å²) in [7, 11) is 1.88. The van der Waals surface area contributed by atoms with Crippen LogP contribution in [0.1, 0.15) is 35.9 Å². The van der Waals surface area contributed by atoms with Crippen molar-refractivity contribution in [2.45, 2.75) is 32.4 Å². The molecule has 0 bridgehead atoms. The van der Waals surface area contributed by atoms with Crippen LogP contribution in [0.3, 0.4) is 0 Å². The van der Waals surface area contributed by atoms with Crippen molar-refractivity contribution in [3.63, 3.8) is 0 Å². The second kappa shape index (κ2) is 6.92. The van der Waals surface area contributed by atoms with E-state index in [1.165, 1.54) is 0 Å². The number of aryl methyl sites for hydroxylation is 2. The molecule has 136 valence electrons. The Morgan fingerprint density at radius 1 is 1.42 bits per heavy atom. The molecule has 3 aromatic rings. The third-order valence-electron chi connectivity index (χ3n) is 4.92. The van der Waals surface area contributed by atoms with E-state index in [0.29, 0.717) is 13.2 Å². The number of ether oxygens (including phenoxy) is 1. The number of aromatic nitrogens is 4. The third-order valence-corrected chi connectivity index (χ3v) is 4.92. The van der Waals surface area contributed by atoms with Crippen LogP contribution in [0.15, 0.2) is 36.8 Å². The van der Waals surface area contributed by atoms with Gasteiger partial charge < -0.3 is 14.5 Å². The predicted octanol–water partition coefficient (Wildman–Crippen LogP) is 2.16. The van der Waals surface area contributed by atoms with Gasteiger partial charge in [0.2, 0.25) is 5.91 Å². The first-order valence-corrected chi connectivity index (χ1v) is 8.93. The van der Waals surface area contributed by atoms with E-state index in [0.717, 1.165) is 35.4 Å². The smallest absolute Gasteiger partial charge is 0.226 e. The van der Waals surface area contributed by atoms with E-state index in [-0.39, 0.29) is 17.9 Å². The highest BCUT2D eigenvalue weighted by Crippen LogP contribution is 2.33. The standard InChI is InChI=1S/C19H23N5O2/c1-13-6-8-24-12-14(22-17(24)10-13)11-20-19(25)15-4-3-9-26-18(15)16-5-7-21-23(16)2/h5-8,10,12,15,18H,3-4,9,11H2,1-2H3,(H,20,25)/t15-,18-/m1/s1. The number of carbonyl (C=O) groups is 1. The molecule has 1 saturated heterocycles. The molecular weight excluding hydrogens is 330 g/mol. The summed E-state index contributed by atoms with van der Waals surface area (Å²) in [4.78, 5) is 17.4. The molecule has 0 radical (unpaired) electrons. The van der Waals surface area contributed by atoms with Crippen LogP contribution in [0.4, 0.5) is 0 Å². The lowest BCUT2D eigenvalue weighted by atomic mass is 9.91. The maximum absolute atomic E-state index is 12.8. The number of imidazole rings is 1. The molecule has 1 aliphatic heterocycles. The second-order valence-corrected chi connectivity index (χ2v) is 6.84. The van der Waals surface area contributed by atoms with Crippen LogP contribution in [-0.4, -0.2) is 31.7 Å². The van der Waals surface area contributed by atoms with Crippen molar-refractivity contribution in [1.82, 2.24) is 24.5 Å². The highest BCUT2D eigenvalue weighted by Gasteiger charge is 2.34. The third kappa shape index (κ3) is 3.22. The second-order valence-electron chi connectivity index (χ2n) is 6.84. The van der Waals surface area contributed by atoms with E-state index < -0.39 is 0 Å². The molecular formula is C19H23N5O2. The summed E-state index contributed by atoms with van der Waals surface area (Å²) in [6.45, 7) is 3.12. The largest absolute Gasteiger partial charge is 0.371 e. The molecule has 2 atom stereocenters. The number of fused-ring (bicyclic) bond motifs is 1. The fraction of sp³-hybridized carbons (Fsp3) is 0.421. The Bertz CT molecular complexity index is 929. The molecule has 0 aliphatic carbocycles. The lowest BCUT2D eigenvalue weighted by Gasteiger charge is -2.30. The van der Waals surface area contributed by atoms with E-state index in [2.05, 4.69) is 15.4 Å². The summed E-state index contributed by atoms with van der Waals surface area (Å²) in [5.74, 6) is -0.206. The molecule has 3 aromatic heterocycles. The topological polar surface area (TPSA) is 73.4 Å². The van der Waals surface area contributed by atoms with Gasteiger partial charge in [0.25, 0.3) is 0 Å². The van der Waals surface area contributed by atoms with Crippen LogP contribution < -0.4 is 5.32 Å². The van der Waals surface area contributed by atoms with Crippen molar-refractivity contribution >= 4 is 11.6 Å². The van der Waals surface area contributed by atoms with Crippen molar-refractivity contribution in [2.75, 3.05) is 6.61 Å². The number of nitrogens with zero attached hydrogens (tertiary/aromatic N) is 4. The van der Waals surface area contributed by atoms with Gasteiger partial charge in [0.05, 0.1) is 23.9 Å². The van der Waals surface area contributed by atoms with Crippen molar-refractivity contribution in [1.29, 1.82) is 0 Å². The van der Waals surface area contributed by atoms with Gasteiger partial charge in [0.1, 0.15) is 11.8 Å². The first kappa shape index (κ1) is 16.8. The van der Waals surface area contributed by atoms with E-state index in [4.69, 9.17) is 4.74 Å². The molecule has 1 aliphatic rings. The van der Waals surface area contributed by atoms with Crippen LogP contribution in [-0.2, 0) is 23.1 Å². The molecule has 4 heterocycles. The van der Waals surface area contributed by atoms with Crippen LogP contribution in [0.25, 0.3) is 5.65 Å². The number of pyridine rings is 1. The Balaban J connectivity index is 1.46. The normalized spacial score (nSPS) is 20.4. The fourth-order valence-electron chi connectivity index (χ4n) is 3.53. The van der Waals surface area contributed by atoms with Crippen molar-refractivity contribution in [3.05, 3.63) is 53.7 Å². The minimum Gasteiger partial charge on any atom is -0.371 e. The molecule has 0 unspecified atom stereocenters. The van der Waals surface area contributed by atoms with Gasteiger partial charge >= 0.3 is 0 Å². The molecule has 1 amide bonds. The molecule has 1 N–H and O–H groups in total. The number of rotatable bonds is 4. The minimum atomic E-state index is -0.250. The Morgan fingerprint density at radius 3 is 3.12 bits per heavy atom. The number of nitrogens with one attached hydrogen (secondary N) is 1. The zero-order valence-electron chi connectivity index (χ0n) is 15.1. The van der Waals surface area contributed by atoms with Crippen LogP contribution in [0.2, 0.25) is 0 Å². The maximum Gasteiger partial charge on any atom is 0.226 e. The van der Waals surface area contributed by atoms with Gasteiger partial charge in [-0.1, -0.05) is 0 Å². The lowest BCUT2D eigenvalue weighted by Crippen LogP contribution is -2.38. The van der Waals surface area contributed by atoms with Gasteiger partial charge in [-0.2, -0.15) is 5.10 Å². The Hall–Kier alpha value is -2.67. The minimum absolute atomic E-state index is 0.00383. The molecule has 0 saturated carbocycles. The first-order chi connectivity index (χ1) is 12.6. The van der Waals surface area contributed by atoms with E-state index in [1.54, 1.807) is 10.9 Å². The highest BCUT2D eigenvalue weighted by atomic mass is 16.5. The summed E-state index contributed by atoms with van der Waals surface area (Å²) >= 11 is 0. The molecule has 0 spiro atoms. The van der Waals surface area contributed by atoms with Crippen LogP contribution >= 0.6 is 0 Å². The Kier molecular flexibility index (Phi) is 4.46. The van der Waals surface area contributed by atoms with Crippen LogP contribution in [0, 0.1) is 12.8 Å². The van der Waals surface area contributed by atoms with E-state index in [1.807, 2.05) is 49.0 Å². The zero-order chi connectivity index (χ0) is 18.1. The average molecular weight is 353 g/mol. The Morgan fingerprint density at radius 2 is 2.31 bits per heavy atom. The summed E-state index contributed by atoms with van der Waals surface area (Å²) in [6.07, 6.45) is 7.12. The number of amides is 1. The quantitative estimate of drug-likeness (QED) is 0.780. The predicted molar refractivity (Wildman–Crippen MR) is 96.4 cm³/mol. The van der Waals surface area contributed by atoms with Crippen molar-refractivity contribution in [2.24, 2.45) is 13.0 Å². The molecule has 4 rings (SSSR count). The molecule has 7 heteroatoms. The zero-order valence-corrected chi connectivity index (χ0v) is 15.1. The van der Waals surface area contributed by atoms with Gasteiger partial charge in [-0.25, -0.2) is 4.98 Å². The number of hydrogen-bond donors (Lipinski definition) is 1. The number of hydrogen-bond acceptors (Lipinski definition) is 4. The molecule has 0 aromatic carbocycles. The SMILES string of the molecule is Cc1ccn2cc(CNC(=O)[C@@H]3CCCO[C@H]3c3ccnn3C)nc2c1. The van der Waals surface area contributed by atoms with E-state index in [9.17, 15) is 4.79 Å². The molecule has 1 fully saturated rings. The van der Waals surface area contributed by atoms with Crippen molar-refractivity contribution in [3.8, 4) is 0 Å². The lowest BCUT2D eigenvalue weighted by molar-refractivity contribution is -0.135. The van der Waals surface area contributed by atoms with Crippen LogP contribution in [0.5, 0.6) is 0 Å². The summed E-state index contributed by atoms with van der Waals surface area (Å²) in [6, 6.07) is 5.98. The summed E-state index contributed by atoms with van der Waals surface area (Å²) in [5, 5.41) is 7.23.